The van der Waals surface area contributed by atoms with Crippen molar-refractivity contribution in [3.05, 3.63) is 64.5 Å². The number of anilines is 1. The van der Waals surface area contributed by atoms with Crippen molar-refractivity contribution >= 4 is 11.8 Å². The molecule has 176 valence electrons. The Labute approximate surface area is 186 Å². The first kappa shape index (κ1) is 23.7. The lowest BCUT2D eigenvalue weighted by molar-refractivity contribution is -0.274. The first-order valence-electron chi connectivity index (χ1n) is 9.74. The van der Waals surface area contributed by atoms with Crippen molar-refractivity contribution in [3.8, 4) is 17.3 Å². The number of alkyl halides is 3. The molecule has 0 atom stereocenters. The van der Waals surface area contributed by atoms with Crippen molar-refractivity contribution in [1.29, 1.82) is 0 Å². The predicted octanol–water partition coefficient (Wildman–Crippen LogP) is 3.95. The standard InChI is InChI=1S/C21H21F3N4O5/c1-12(2)32-19(30)26-17-10-25-9-8-14(17)11-27-13(3)18(29)28(20(27)31)15-4-6-16(7-5-15)33-21(22,23)24/h4-10,12,29H,11H2,1-3H3,(H,26,30). The molecule has 0 radical (unpaired) electrons. The second-order valence-electron chi connectivity index (χ2n) is 7.27. The van der Waals surface area contributed by atoms with Gasteiger partial charge in [-0.1, -0.05) is 0 Å². The molecule has 0 bridgehead atoms. The third-order valence-corrected chi connectivity index (χ3v) is 4.51. The summed E-state index contributed by atoms with van der Waals surface area (Å²) in [6.07, 6.45) is -3.00. The van der Waals surface area contributed by atoms with Gasteiger partial charge in [0.25, 0.3) is 0 Å². The highest BCUT2D eigenvalue weighted by atomic mass is 19.4. The molecular formula is C21H21F3N4O5. The average molecular weight is 466 g/mol. The number of halogens is 3. The zero-order chi connectivity index (χ0) is 24.3. The number of hydrogen-bond acceptors (Lipinski definition) is 6. The number of hydrogen-bond donors (Lipinski definition) is 2. The third-order valence-electron chi connectivity index (χ3n) is 4.51. The van der Waals surface area contributed by atoms with Crippen molar-refractivity contribution in [2.24, 2.45) is 0 Å². The second kappa shape index (κ2) is 9.27. The second-order valence-corrected chi connectivity index (χ2v) is 7.27. The quantitative estimate of drug-likeness (QED) is 0.570. The molecule has 1 amide bonds. The minimum absolute atomic E-state index is 0.0275. The lowest BCUT2D eigenvalue weighted by atomic mass is 10.2. The summed E-state index contributed by atoms with van der Waals surface area (Å²) in [5.74, 6) is -0.844. The van der Waals surface area contributed by atoms with Crippen molar-refractivity contribution in [1.82, 2.24) is 14.1 Å². The minimum Gasteiger partial charge on any atom is -0.493 e. The van der Waals surface area contributed by atoms with Crippen molar-refractivity contribution in [2.75, 3.05) is 5.32 Å². The number of ether oxygens (including phenoxy) is 2. The molecule has 12 heteroatoms. The van der Waals surface area contributed by atoms with E-state index in [1.807, 2.05) is 0 Å². The fourth-order valence-electron chi connectivity index (χ4n) is 3.05. The van der Waals surface area contributed by atoms with Gasteiger partial charge in [-0.15, -0.1) is 13.2 Å². The first-order chi connectivity index (χ1) is 15.5. The number of amides is 1. The maximum absolute atomic E-state index is 13.0. The fourth-order valence-corrected chi connectivity index (χ4v) is 3.05. The zero-order valence-corrected chi connectivity index (χ0v) is 17.9. The molecular weight excluding hydrogens is 445 g/mol. The highest BCUT2D eigenvalue weighted by molar-refractivity contribution is 5.85. The molecule has 3 rings (SSSR count). The van der Waals surface area contributed by atoms with Gasteiger partial charge in [-0.2, -0.15) is 0 Å². The van der Waals surface area contributed by atoms with Gasteiger partial charge in [0, 0.05) is 6.20 Å². The van der Waals surface area contributed by atoms with E-state index in [0.29, 0.717) is 11.3 Å². The van der Waals surface area contributed by atoms with Gasteiger partial charge in [0.1, 0.15) is 5.75 Å². The van der Waals surface area contributed by atoms with Crippen LogP contribution in [0.25, 0.3) is 5.69 Å². The largest absolute Gasteiger partial charge is 0.573 e. The molecule has 3 aromatic rings. The molecule has 0 spiro atoms. The Balaban J connectivity index is 1.92. The normalized spacial score (nSPS) is 11.5. The summed E-state index contributed by atoms with van der Waals surface area (Å²) in [6, 6.07) is 6.09. The molecule has 0 aliphatic carbocycles. The molecule has 0 unspecified atom stereocenters. The van der Waals surface area contributed by atoms with Crippen LogP contribution in [0.3, 0.4) is 0 Å². The van der Waals surface area contributed by atoms with E-state index >= 15 is 0 Å². The van der Waals surface area contributed by atoms with Crippen molar-refractivity contribution < 1.29 is 32.5 Å². The molecule has 33 heavy (non-hydrogen) atoms. The van der Waals surface area contributed by atoms with E-state index in [9.17, 15) is 27.9 Å². The Morgan fingerprint density at radius 2 is 1.88 bits per heavy atom. The number of imidazole rings is 1. The lowest BCUT2D eigenvalue weighted by Crippen LogP contribution is -2.25. The number of carbonyl (C=O) groups excluding carboxylic acids is 1. The van der Waals surface area contributed by atoms with Crippen LogP contribution in [0.15, 0.2) is 47.5 Å². The van der Waals surface area contributed by atoms with Gasteiger partial charge >= 0.3 is 18.1 Å². The SMILES string of the molecule is Cc1c(O)n(-c2ccc(OC(F)(F)F)cc2)c(=O)n1Cc1ccncc1NC(=O)OC(C)C. The molecule has 2 heterocycles. The van der Waals surface area contributed by atoms with Crippen LogP contribution in [0.2, 0.25) is 0 Å². The van der Waals surface area contributed by atoms with E-state index in [4.69, 9.17) is 4.74 Å². The molecule has 2 N–H and O–H groups in total. The zero-order valence-electron chi connectivity index (χ0n) is 17.9. The maximum Gasteiger partial charge on any atom is 0.573 e. The number of nitrogens with zero attached hydrogens (tertiary/aromatic N) is 3. The fraction of sp³-hybridized carbons (Fsp3) is 0.286. The number of aromatic hydroxyl groups is 1. The Bertz CT molecular complexity index is 1200. The Morgan fingerprint density at radius 3 is 2.48 bits per heavy atom. The number of carbonyl (C=O) groups is 1. The number of nitrogens with one attached hydrogen (secondary N) is 1. The number of pyridine rings is 1. The highest BCUT2D eigenvalue weighted by Crippen LogP contribution is 2.26. The molecule has 9 nitrogen and oxygen atoms in total. The molecule has 0 aliphatic rings. The number of benzene rings is 1. The third kappa shape index (κ3) is 5.64. The average Bonchev–Trinajstić information content (AvgIpc) is 2.91. The van der Waals surface area contributed by atoms with Gasteiger partial charge in [0.2, 0.25) is 5.88 Å². The number of aromatic nitrogens is 3. The van der Waals surface area contributed by atoms with Gasteiger partial charge in [-0.25, -0.2) is 14.2 Å². The van der Waals surface area contributed by atoms with E-state index < -0.39 is 23.9 Å². The smallest absolute Gasteiger partial charge is 0.493 e. The Kier molecular flexibility index (Phi) is 6.65. The van der Waals surface area contributed by atoms with E-state index in [1.54, 1.807) is 19.9 Å². The van der Waals surface area contributed by atoms with Crippen molar-refractivity contribution in [3.63, 3.8) is 0 Å². The van der Waals surface area contributed by atoms with Crippen LogP contribution < -0.4 is 15.7 Å². The summed E-state index contributed by atoms with van der Waals surface area (Å²) in [5.41, 5.74) is 0.546. The van der Waals surface area contributed by atoms with Crippen LogP contribution in [-0.4, -0.2) is 37.8 Å². The summed E-state index contributed by atoms with van der Waals surface area (Å²) in [4.78, 5) is 29.0. The van der Waals surface area contributed by atoms with E-state index in [1.165, 1.54) is 36.0 Å². The summed E-state index contributed by atoms with van der Waals surface area (Å²) in [6.45, 7) is 4.87. The predicted molar refractivity (Wildman–Crippen MR) is 112 cm³/mol. The van der Waals surface area contributed by atoms with Gasteiger partial charge in [-0.3, -0.25) is 14.9 Å². The maximum atomic E-state index is 13.0. The van der Waals surface area contributed by atoms with Crippen LogP contribution >= 0.6 is 0 Å². The van der Waals surface area contributed by atoms with Gasteiger partial charge in [0.05, 0.1) is 35.9 Å². The molecule has 2 aromatic heterocycles. The Morgan fingerprint density at radius 1 is 1.21 bits per heavy atom. The molecule has 0 fully saturated rings. The molecule has 0 saturated heterocycles. The molecule has 0 aliphatic heterocycles. The summed E-state index contributed by atoms with van der Waals surface area (Å²) < 4.78 is 48.2. The summed E-state index contributed by atoms with van der Waals surface area (Å²) in [5, 5.41) is 13.1. The van der Waals surface area contributed by atoms with Gasteiger partial charge in [0.15, 0.2) is 0 Å². The van der Waals surface area contributed by atoms with Crippen LogP contribution in [0.5, 0.6) is 11.6 Å². The van der Waals surface area contributed by atoms with E-state index in [0.717, 1.165) is 16.7 Å². The van der Waals surface area contributed by atoms with Crippen LogP contribution in [-0.2, 0) is 11.3 Å². The van der Waals surface area contributed by atoms with Gasteiger partial charge < -0.3 is 14.6 Å². The minimum atomic E-state index is -4.85. The Hall–Kier alpha value is -3.96. The van der Waals surface area contributed by atoms with Crippen LogP contribution in [0, 0.1) is 6.92 Å². The first-order valence-corrected chi connectivity index (χ1v) is 9.74. The lowest BCUT2D eigenvalue weighted by Gasteiger charge is -2.13. The molecule has 0 saturated carbocycles. The van der Waals surface area contributed by atoms with Gasteiger partial charge in [-0.05, 0) is 56.7 Å². The van der Waals surface area contributed by atoms with Crippen molar-refractivity contribution in [2.45, 2.75) is 39.8 Å². The summed E-state index contributed by atoms with van der Waals surface area (Å²) in [7, 11) is 0. The monoisotopic (exact) mass is 466 g/mol. The molecule has 1 aromatic carbocycles. The van der Waals surface area contributed by atoms with Crippen LogP contribution in [0.4, 0.5) is 23.7 Å². The number of rotatable bonds is 6. The topological polar surface area (TPSA) is 108 Å². The summed E-state index contributed by atoms with van der Waals surface area (Å²) >= 11 is 0. The highest BCUT2D eigenvalue weighted by Gasteiger charge is 2.31. The van der Waals surface area contributed by atoms with E-state index in [2.05, 4.69) is 15.0 Å². The van der Waals surface area contributed by atoms with Crippen LogP contribution in [0.1, 0.15) is 25.1 Å². The van der Waals surface area contributed by atoms with E-state index in [-0.39, 0.29) is 29.9 Å².